The molecule has 0 aliphatic carbocycles. The van der Waals surface area contributed by atoms with Crippen molar-refractivity contribution >= 4 is 261 Å². The van der Waals surface area contributed by atoms with E-state index in [0.717, 1.165) is 133 Å². The lowest BCUT2D eigenvalue weighted by Gasteiger charge is -2.13. The highest BCUT2D eigenvalue weighted by Crippen LogP contribution is 2.52. The Morgan fingerprint density at radius 2 is 0.362 bits per heavy atom. The zero-order valence-electron chi connectivity index (χ0n) is 75.9. The van der Waals surface area contributed by atoms with Crippen molar-refractivity contribution in [1.82, 2.24) is 27.4 Å². The van der Waals surface area contributed by atoms with Crippen LogP contribution in [0, 0.1) is 0 Å². The summed E-state index contributed by atoms with van der Waals surface area (Å²) >= 11 is 0. The topological polar surface area (TPSA) is 69.0 Å². The van der Waals surface area contributed by atoms with Gasteiger partial charge in [0.05, 0.1) is 88.0 Å². The Labute approximate surface area is 803 Å². The molecule has 0 N–H and O–H groups in total. The number of rotatable bonds is 6. The fourth-order valence-electron chi connectivity index (χ4n) is 24.1. The normalized spacial score (nSPS) is 12.3. The van der Waals surface area contributed by atoms with Gasteiger partial charge < -0.3 is 40.7 Å². The number of aromatic nitrogens is 6. The lowest BCUT2D eigenvalue weighted by atomic mass is 10.1. The Kier molecular flexibility index (Phi) is 16.3. The lowest BCUT2D eigenvalue weighted by molar-refractivity contribution is 0.672. The molecule has 0 atom stereocenters. The van der Waals surface area contributed by atoms with E-state index in [2.05, 4.69) is 482 Å². The first-order chi connectivity index (χ1) is 70.0. The summed E-state index contributed by atoms with van der Waals surface area (Å²) < 4.78 is 34.8. The largest absolute Gasteiger partial charge is 0.455 e. The van der Waals surface area contributed by atoms with E-state index < -0.39 is 0 Å². The molecule has 9 heterocycles. The monoisotopic (exact) mass is 1790 g/mol. The molecule has 0 unspecified atom stereocenters. The van der Waals surface area contributed by atoms with Crippen molar-refractivity contribution < 1.29 is 13.3 Å². The highest BCUT2D eigenvalue weighted by Gasteiger charge is 2.30. The van der Waals surface area contributed by atoms with Crippen molar-refractivity contribution in [3.63, 3.8) is 0 Å². The second kappa shape index (κ2) is 29.8. The first-order valence-electron chi connectivity index (χ1n) is 48.3. The van der Waals surface area contributed by atoms with Gasteiger partial charge in [-0.05, 0) is 235 Å². The summed E-state index contributed by atoms with van der Waals surface area (Å²) in [5.41, 5.74) is 26.5. The number of nitrogens with zero attached hydrogens (tertiary/aromatic N) is 6. The van der Waals surface area contributed by atoms with Gasteiger partial charge in [-0.15, -0.1) is 0 Å². The quantitative estimate of drug-likeness (QED) is 0.167. The molecule has 9 heteroatoms. The lowest BCUT2D eigenvalue weighted by Crippen LogP contribution is -1.96. The minimum Gasteiger partial charge on any atom is -0.455 e. The summed E-state index contributed by atoms with van der Waals surface area (Å²) in [5.74, 6) is 0. The van der Waals surface area contributed by atoms with Crippen LogP contribution >= 0.6 is 0 Å². The number of benzene rings is 24. The zero-order chi connectivity index (χ0) is 91.9. The average Bonchev–Trinajstić information content (AvgIpc) is 1.54. The Morgan fingerprint density at radius 3 is 0.688 bits per heavy atom. The number of hydrogen-bond donors (Lipinski definition) is 0. The maximum atomic E-state index is 6.71. The van der Waals surface area contributed by atoms with Crippen LogP contribution in [0.5, 0.6) is 0 Å². The standard InChI is InChI=1S/3C44H26N2O/c2*1-3-11-29-25-31(19-17-27(29)9-1)45-37-15-7-5-14-35(37)41-38(45)24-22-36-42-39(23-21-34-33-13-6-8-16-40(33)47-44(34)42)46(43(36)41)32-20-18-28-10-2-4-12-30(28)26-32;1-2-12-29-26-30(21-20-27(29)10-1)45-37-17-7-5-16-34(37)41-38(45)25-23-35-42-39(24-22-33-32-15-6-8-19-40(32)47-44(33)42)46(43(35)41)36-18-9-13-28-11-3-4-14-31(28)36/h3*1-26H. The van der Waals surface area contributed by atoms with E-state index in [1.165, 1.54) is 163 Å². The molecule has 33 aromatic rings. The van der Waals surface area contributed by atoms with Crippen molar-refractivity contribution in [3.8, 4) is 34.1 Å². The number of hydrogen-bond acceptors (Lipinski definition) is 3. The molecule has 0 spiro atoms. The molecule has 0 saturated carbocycles. The summed E-state index contributed by atoms with van der Waals surface area (Å²) in [5, 5.41) is 36.0. The van der Waals surface area contributed by atoms with E-state index >= 15 is 0 Å². The van der Waals surface area contributed by atoms with Gasteiger partial charge in [0.2, 0.25) is 0 Å². The fraction of sp³-hybridized carbons (Fsp3) is 0. The van der Waals surface area contributed by atoms with E-state index in [4.69, 9.17) is 13.3 Å². The van der Waals surface area contributed by atoms with E-state index in [1.54, 1.807) is 0 Å². The SMILES string of the molecule is c1ccc2cc(-n3c4ccccc4c4c3ccc3c5c6oc7ccccc7c6ccc5n(-c5ccc6ccccc6c5)c34)ccc2c1.c1ccc2cc(-n3c4ccccc4c4c3ccc3c5c6oc7ccccc7c6ccc5n(-c5ccc6ccccc6c5)c34)ccc2c1.c1ccc2cc(-n3c4ccccc4c4c3ccc3c5c6oc7ccccc7c6ccc5n(-c5cccc6ccccc56)c34)ccc2c1. The summed E-state index contributed by atoms with van der Waals surface area (Å²) in [7, 11) is 0. The summed E-state index contributed by atoms with van der Waals surface area (Å²) in [6, 6.07) is 171. The van der Waals surface area contributed by atoms with Gasteiger partial charge in [-0.2, -0.15) is 0 Å². The molecule has 9 nitrogen and oxygen atoms in total. The number of fused-ring (bicyclic) bond motifs is 39. The van der Waals surface area contributed by atoms with E-state index in [-0.39, 0.29) is 0 Å². The van der Waals surface area contributed by atoms with E-state index in [9.17, 15) is 0 Å². The molecule has 0 amide bonds. The van der Waals surface area contributed by atoms with Crippen LogP contribution in [0.3, 0.4) is 0 Å². The van der Waals surface area contributed by atoms with Crippen molar-refractivity contribution in [3.05, 3.63) is 473 Å². The smallest absolute Gasteiger partial charge is 0.145 e. The molecule has 0 bridgehead atoms. The first kappa shape index (κ1) is 77.3. The van der Waals surface area contributed by atoms with E-state index in [1.807, 2.05) is 18.2 Å². The molecule has 33 rings (SSSR count). The molecule has 0 saturated heterocycles. The minimum absolute atomic E-state index is 0.912. The number of furan rings is 3. The van der Waals surface area contributed by atoms with Gasteiger partial charge in [0.1, 0.15) is 33.5 Å². The van der Waals surface area contributed by atoms with Crippen molar-refractivity contribution in [2.45, 2.75) is 0 Å². The first-order valence-corrected chi connectivity index (χ1v) is 48.3. The van der Waals surface area contributed by atoms with Gasteiger partial charge in [-0.1, -0.05) is 297 Å². The number of para-hydroxylation sites is 6. The van der Waals surface area contributed by atoms with E-state index in [0.29, 0.717) is 0 Å². The Bertz CT molecular complexity index is 10800. The van der Waals surface area contributed by atoms with Crippen LogP contribution in [-0.4, -0.2) is 27.4 Å². The van der Waals surface area contributed by atoms with Crippen molar-refractivity contribution in [2.75, 3.05) is 0 Å². The van der Waals surface area contributed by atoms with Gasteiger partial charge in [0.25, 0.3) is 0 Å². The molecule has 141 heavy (non-hydrogen) atoms. The van der Waals surface area contributed by atoms with Crippen LogP contribution in [0.25, 0.3) is 295 Å². The Morgan fingerprint density at radius 1 is 0.128 bits per heavy atom. The molecule has 0 fully saturated rings. The molecular weight excluding hydrogens is 1720 g/mol. The molecule has 0 aliphatic heterocycles. The third kappa shape index (κ3) is 11.3. The zero-order valence-corrected chi connectivity index (χ0v) is 75.9. The predicted octanol–water partition coefficient (Wildman–Crippen LogP) is 36.3. The molecule has 0 radical (unpaired) electrons. The maximum Gasteiger partial charge on any atom is 0.145 e. The summed E-state index contributed by atoms with van der Waals surface area (Å²) in [4.78, 5) is 0. The highest BCUT2D eigenvalue weighted by atomic mass is 16.3. The molecular formula is C132H78N6O3. The van der Waals surface area contributed by atoms with Gasteiger partial charge in [-0.25, -0.2) is 0 Å². The molecule has 0 aliphatic rings. The second-order valence-electron chi connectivity index (χ2n) is 37.6. The van der Waals surface area contributed by atoms with Gasteiger partial charge in [-0.3, -0.25) is 0 Å². The van der Waals surface area contributed by atoms with Gasteiger partial charge in [0.15, 0.2) is 0 Å². The molecule has 24 aromatic carbocycles. The second-order valence-corrected chi connectivity index (χ2v) is 37.6. The summed E-state index contributed by atoms with van der Waals surface area (Å²) in [6.07, 6.45) is 0. The maximum absolute atomic E-state index is 6.71. The third-order valence-corrected chi connectivity index (χ3v) is 30.2. The predicted molar refractivity (Wildman–Crippen MR) is 592 cm³/mol. The van der Waals surface area contributed by atoms with Crippen LogP contribution < -0.4 is 0 Å². The third-order valence-electron chi connectivity index (χ3n) is 30.2. The average molecular weight is 1800 g/mol. The molecule has 9 aromatic heterocycles. The van der Waals surface area contributed by atoms with Crippen LogP contribution in [0.4, 0.5) is 0 Å². The Hall–Kier alpha value is -19.0. The summed E-state index contributed by atoms with van der Waals surface area (Å²) in [6.45, 7) is 0. The van der Waals surface area contributed by atoms with Gasteiger partial charge >= 0.3 is 0 Å². The van der Waals surface area contributed by atoms with Crippen LogP contribution in [-0.2, 0) is 0 Å². The molecule has 654 valence electrons. The van der Waals surface area contributed by atoms with Crippen LogP contribution in [0.15, 0.2) is 486 Å². The minimum atomic E-state index is 0.912. The van der Waals surface area contributed by atoms with Crippen LogP contribution in [0.2, 0.25) is 0 Å². The Balaban J connectivity index is 0.0000000972. The van der Waals surface area contributed by atoms with Gasteiger partial charge in [0, 0.05) is 115 Å². The fourth-order valence-corrected chi connectivity index (χ4v) is 24.1. The van der Waals surface area contributed by atoms with Crippen molar-refractivity contribution in [2.24, 2.45) is 0 Å². The highest BCUT2D eigenvalue weighted by molar-refractivity contribution is 6.35. The van der Waals surface area contributed by atoms with Crippen molar-refractivity contribution in [1.29, 1.82) is 0 Å². The van der Waals surface area contributed by atoms with Crippen LogP contribution in [0.1, 0.15) is 0 Å².